The molecule has 0 saturated carbocycles. The number of carbonyl (C=O) groups is 2. The number of para-hydroxylation sites is 1. The summed E-state index contributed by atoms with van der Waals surface area (Å²) in [6.07, 6.45) is 2.39. The van der Waals surface area contributed by atoms with Gasteiger partial charge in [0.2, 0.25) is 0 Å². The molecule has 0 heterocycles. The summed E-state index contributed by atoms with van der Waals surface area (Å²) in [7, 11) is 0. The molecule has 0 spiro atoms. The highest BCUT2D eigenvalue weighted by Gasteiger charge is 2.29. The van der Waals surface area contributed by atoms with Crippen LogP contribution in [0.25, 0.3) is 0 Å². The maximum absolute atomic E-state index is 12.4. The number of rotatable bonds is 5. The van der Waals surface area contributed by atoms with Crippen LogP contribution in [0.5, 0.6) is 0 Å². The first-order valence-corrected chi connectivity index (χ1v) is 8.73. The lowest BCUT2D eigenvalue weighted by Crippen LogP contribution is -2.49. The molecule has 1 rings (SSSR count). The molecule has 0 saturated heterocycles. The van der Waals surface area contributed by atoms with Gasteiger partial charge in [-0.15, -0.1) is 0 Å². The summed E-state index contributed by atoms with van der Waals surface area (Å²) < 4.78 is 0. The van der Waals surface area contributed by atoms with Crippen LogP contribution in [-0.2, 0) is 22.4 Å². The second kappa shape index (κ2) is 7.82. The van der Waals surface area contributed by atoms with Gasteiger partial charge in [-0.3, -0.25) is 9.59 Å². The molecule has 2 amide bonds. The Balaban J connectivity index is 2.87. The minimum atomic E-state index is -0.604. The van der Waals surface area contributed by atoms with Gasteiger partial charge in [0.25, 0.3) is 0 Å². The monoisotopic (exact) mass is 332 g/mol. The predicted octanol–water partition coefficient (Wildman–Crippen LogP) is 4.08. The van der Waals surface area contributed by atoms with E-state index in [1.807, 2.05) is 45.9 Å². The Morgan fingerprint density at radius 3 is 1.83 bits per heavy atom. The van der Waals surface area contributed by atoms with Crippen molar-refractivity contribution in [2.45, 2.75) is 73.3 Å². The molecule has 134 valence electrons. The van der Waals surface area contributed by atoms with Gasteiger partial charge in [-0.1, -0.05) is 52.8 Å². The summed E-state index contributed by atoms with van der Waals surface area (Å²) in [6, 6.07) is 5.95. The first kappa shape index (κ1) is 20.2. The summed E-state index contributed by atoms with van der Waals surface area (Å²) in [4.78, 5) is 24.7. The van der Waals surface area contributed by atoms with Crippen LogP contribution in [0.4, 0.5) is 5.69 Å². The molecule has 0 aliphatic carbocycles. The van der Waals surface area contributed by atoms with E-state index >= 15 is 0 Å². The largest absolute Gasteiger partial charge is 0.343 e. The van der Waals surface area contributed by atoms with Crippen molar-refractivity contribution < 1.29 is 9.59 Å². The minimum absolute atomic E-state index is 0.0669. The number of aryl methyl sites for hydroxylation is 2. The van der Waals surface area contributed by atoms with Crippen molar-refractivity contribution in [3.05, 3.63) is 29.3 Å². The topological polar surface area (TPSA) is 58.2 Å². The molecule has 0 atom stereocenters. The van der Waals surface area contributed by atoms with Crippen LogP contribution in [-0.4, -0.2) is 17.4 Å². The van der Waals surface area contributed by atoms with Crippen molar-refractivity contribution in [3.63, 3.8) is 0 Å². The summed E-state index contributed by atoms with van der Waals surface area (Å²) in [5.41, 5.74) is 2.49. The number of anilines is 1. The van der Waals surface area contributed by atoms with Crippen LogP contribution < -0.4 is 10.6 Å². The van der Waals surface area contributed by atoms with Crippen LogP contribution >= 0.6 is 0 Å². The molecule has 4 nitrogen and oxygen atoms in total. The van der Waals surface area contributed by atoms with E-state index in [1.54, 1.807) is 0 Å². The Morgan fingerprint density at radius 2 is 1.42 bits per heavy atom. The van der Waals surface area contributed by atoms with Crippen molar-refractivity contribution in [1.29, 1.82) is 0 Å². The van der Waals surface area contributed by atoms with Crippen LogP contribution in [0, 0.1) is 5.41 Å². The van der Waals surface area contributed by atoms with E-state index in [4.69, 9.17) is 0 Å². The Labute approximate surface area is 146 Å². The van der Waals surface area contributed by atoms with Crippen molar-refractivity contribution >= 4 is 17.5 Å². The molecule has 0 aromatic heterocycles. The highest BCUT2D eigenvalue weighted by Crippen LogP contribution is 2.27. The standard InChI is InChI=1S/C20H32N2O2/c1-8-14-11-10-12-15(9-2)16(14)21-17(23)18(24)22-20(6,7)13-19(3,4)5/h10-12H,8-9,13H2,1-7H3,(H,21,23)(H,22,24). The summed E-state index contributed by atoms with van der Waals surface area (Å²) >= 11 is 0. The quantitative estimate of drug-likeness (QED) is 0.798. The van der Waals surface area contributed by atoms with Crippen LogP contribution in [0.3, 0.4) is 0 Å². The SMILES string of the molecule is CCc1cccc(CC)c1NC(=O)C(=O)NC(C)(C)CC(C)(C)C. The highest BCUT2D eigenvalue weighted by molar-refractivity contribution is 6.40. The van der Waals surface area contributed by atoms with Gasteiger partial charge in [0, 0.05) is 11.2 Å². The van der Waals surface area contributed by atoms with E-state index in [2.05, 4.69) is 31.4 Å². The molecule has 4 heteroatoms. The number of benzene rings is 1. The smallest absolute Gasteiger partial charge is 0.313 e. The third-order valence-corrected chi connectivity index (χ3v) is 3.87. The molecule has 0 aliphatic rings. The Morgan fingerprint density at radius 1 is 0.917 bits per heavy atom. The van der Waals surface area contributed by atoms with Gasteiger partial charge < -0.3 is 10.6 Å². The normalized spacial score (nSPS) is 12.0. The fraction of sp³-hybridized carbons (Fsp3) is 0.600. The molecule has 2 N–H and O–H groups in total. The molecule has 0 bridgehead atoms. The number of nitrogens with one attached hydrogen (secondary N) is 2. The van der Waals surface area contributed by atoms with Crippen molar-refractivity contribution in [2.75, 3.05) is 5.32 Å². The predicted molar refractivity (Wildman–Crippen MR) is 100 cm³/mol. The second-order valence-electron chi connectivity index (χ2n) is 8.19. The molecule has 0 fully saturated rings. The maximum atomic E-state index is 12.4. The molecule has 24 heavy (non-hydrogen) atoms. The lowest BCUT2D eigenvalue weighted by Gasteiger charge is -2.33. The number of carbonyl (C=O) groups excluding carboxylic acids is 2. The summed E-state index contributed by atoms with van der Waals surface area (Å²) in [6.45, 7) is 14.3. The van der Waals surface area contributed by atoms with Crippen molar-refractivity contribution in [1.82, 2.24) is 5.32 Å². The van der Waals surface area contributed by atoms with Crippen LogP contribution in [0.15, 0.2) is 18.2 Å². The van der Waals surface area contributed by atoms with Gasteiger partial charge in [0.1, 0.15) is 0 Å². The second-order valence-corrected chi connectivity index (χ2v) is 8.19. The van der Waals surface area contributed by atoms with Crippen LogP contribution in [0.1, 0.15) is 66.0 Å². The zero-order valence-electron chi connectivity index (χ0n) is 16.2. The van der Waals surface area contributed by atoms with E-state index in [0.29, 0.717) is 0 Å². The third-order valence-electron chi connectivity index (χ3n) is 3.87. The van der Waals surface area contributed by atoms with Crippen LogP contribution in [0.2, 0.25) is 0 Å². The average molecular weight is 332 g/mol. The first-order valence-electron chi connectivity index (χ1n) is 8.73. The molecule has 0 radical (unpaired) electrons. The Bertz CT molecular complexity index is 576. The van der Waals surface area contributed by atoms with Gasteiger partial charge in [0.05, 0.1) is 0 Å². The summed E-state index contributed by atoms with van der Waals surface area (Å²) in [5.74, 6) is -1.19. The van der Waals surface area contributed by atoms with E-state index < -0.39 is 17.4 Å². The van der Waals surface area contributed by atoms with Gasteiger partial charge in [0.15, 0.2) is 0 Å². The van der Waals surface area contributed by atoms with Crippen molar-refractivity contribution in [2.24, 2.45) is 5.41 Å². The number of hydrogen-bond acceptors (Lipinski definition) is 2. The first-order chi connectivity index (χ1) is 11.0. The van der Waals surface area contributed by atoms with E-state index in [1.165, 1.54) is 0 Å². The van der Waals surface area contributed by atoms with Gasteiger partial charge >= 0.3 is 11.8 Å². The van der Waals surface area contributed by atoms with Crippen molar-refractivity contribution in [3.8, 4) is 0 Å². The van der Waals surface area contributed by atoms with Gasteiger partial charge in [-0.05, 0) is 49.7 Å². The fourth-order valence-corrected chi connectivity index (χ4v) is 3.31. The molecule has 1 aromatic carbocycles. The Hall–Kier alpha value is -1.84. The number of amides is 2. The lowest BCUT2D eigenvalue weighted by molar-refractivity contribution is -0.137. The zero-order valence-corrected chi connectivity index (χ0v) is 16.2. The van der Waals surface area contributed by atoms with E-state index in [-0.39, 0.29) is 5.41 Å². The molecule has 1 aromatic rings. The van der Waals surface area contributed by atoms with Gasteiger partial charge in [-0.2, -0.15) is 0 Å². The third kappa shape index (κ3) is 5.99. The average Bonchev–Trinajstić information content (AvgIpc) is 2.44. The number of hydrogen-bond donors (Lipinski definition) is 2. The molecule has 0 aliphatic heterocycles. The molecular formula is C20H32N2O2. The van der Waals surface area contributed by atoms with Gasteiger partial charge in [-0.25, -0.2) is 0 Å². The minimum Gasteiger partial charge on any atom is -0.343 e. The van der Waals surface area contributed by atoms with E-state index in [9.17, 15) is 9.59 Å². The molecule has 0 unspecified atom stereocenters. The maximum Gasteiger partial charge on any atom is 0.313 e. The molecular weight excluding hydrogens is 300 g/mol. The summed E-state index contributed by atoms with van der Waals surface area (Å²) in [5, 5.41) is 5.67. The fourth-order valence-electron chi connectivity index (χ4n) is 3.31. The van der Waals surface area contributed by atoms with E-state index in [0.717, 1.165) is 36.1 Å². The Kier molecular flexibility index (Phi) is 6.58. The zero-order chi connectivity index (χ0) is 18.5. The highest BCUT2D eigenvalue weighted by atomic mass is 16.2. The lowest BCUT2D eigenvalue weighted by atomic mass is 9.82.